The molecule has 0 aliphatic carbocycles. The molecule has 14 aromatic rings. The van der Waals surface area contributed by atoms with Crippen LogP contribution in [0.4, 0.5) is 28.8 Å². The van der Waals surface area contributed by atoms with Gasteiger partial charge in [0.2, 0.25) is 0 Å². The summed E-state index contributed by atoms with van der Waals surface area (Å²) < 4.78 is 72.2. The van der Waals surface area contributed by atoms with Crippen LogP contribution >= 0.6 is 98.4 Å². The Morgan fingerprint density at radius 1 is 0.215 bits per heavy atom. The molecular weight excluding hydrogens is 2570 g/mol. The SMILES string of the molecule is COC(=O)Oc1ccc(C(C)(C)c2ccc(OC(=O)Oc3ccc(C(C)(C)c4ccc(C)cc4)cc3)cc2)cc1.COC(=O)Oc1ccc(C(C)(C)c2ccc(OC(=O)Oc3ccc(C(C)(C)c4ccc(C)cc4)cc3C(=O)Oc3ccc(C(C)(C)c4ccc(OC(=O)OC)cc4)cc3)cc2)cc1.COC(=O)Oc1ccc(C(C)(C)c2ccc(OC(=O)c3cc(C(C)(C)c4ccc(C)cc4)ccc3O)cc2)cc1.I.II.I[I-]I. The first-order valence-electron chi connectivity index (χ1n) is 46.6. The summed E-state index contributed by atoms with van der Waals surface area (Å²) in [5.41, 5.74) is 14.9. The van der Waals surface area contributed by atoms with Gasteiger partial charge in [-0.1, -0.05) is 308 Å². The molecule has 0 unspecified atom stereocenters. The molecule has 14 rings (SSSR count). The molecule has 23 nitrogen and oxygen atoms in total. The molecule has 0 aliphatic heterocycles. The number of esters is 2. The summed E-state index contributed by atoms with van der Waals surface area (Å²) in [5, 5.41) is 10.5. The summed E-state index contributed by atoms with van der Waals surface area (Å²) in [6, 6.07) is 100.0. The Morgan fingerprint density at radius 2 is 0.362 bits per heavy atom. The van der Waals surface area contributed by atoms with Crippen molar-refractivity contribution in [3.63, 3.8) is 0 Å². The monoisotopic (exact) mass is 2690 g/mol. The molecule has 0 amide bonds. The molecule has 149 heavy (non-hydrogen) atoms. The zero-order valence-corrected chi connectivity index (χ0v) is 99.5. The topological polar surface area (TPSA) is 286 Å². The van der Waals surface area contributed by atoms with Gasteiger partial charge in [0.15, 0.2) is 0 Å². The van der Waals surface area contributed by atoms with E-state index in [2.05, 4.69) is 232 Å². The molecule has 0 saturated heterocycles. The van der Waals surface area contributed by atoms with Crippen LogP contribution in [0, 0.1) is 20.8 Å². The van der Waals surface area contributed by atoms with Crippen LogP contribution in [0.15, 0.2) is 328 Å². The molecular formula is C120H119I6O23-. The predicted octanol–water partition coefficient (Wildman–Crippen LogP) is 29.3. The number of carbonyl (C=O) groups is 8. The van der Waals surface area contributed by atoms with Gasteiger partial charge in [0, 0.05) is 75.1 Å². The van der Waals surface area contributed by atoms with Crippen LogP contribution < -0.4 is 60.6 Å². The quantitative estimate of drug-likeness (QED) is 0.0173. The standard InChI is InChI=1S/C52H50O11.2C34H34O6.I3.I2.HI/c1-33-10-12-34(13-11-33)52(6,7)39-22-31-45(63-49(56)62-43-29-20-38(21-30-43)51(4,5)37-18-27-42(28-19-37)61-48(55)58-9)44(32-39)46(53)59-40-23-14-35(15-24-40)50(2,3)36-16-25-41(26-17-36)60-47(54)57-8;1-23-7-9-24(10-8-23)33(2,3)25-13-19-29(20-14-25)39-32(36)40-30-21-15-27(16-22-30)34(4,5)26-11-17-28(18-12-26)38-31(35)37-6;1-22-7-9-23(10-8-22)34(4,5)26-15-20-30(35)29(21-26)31(36)39-27-16-11-24(12-17-27)33(2,3)25-13-18-28(19-14-25)40-32(37)38-6;1-3-2;1-2;/h10-32H,1-9H3;7-22H,1-6H3;7-21,35H,1-6H3;;;1H/q;;;-1;;. The minimum atomic E-state index is -1.04. The van der Waals surface area contributed by atoms with Crippen molar-refractivity contribution in [1.29, 1.82) is 0 Å². The van der Waals surface area contributed by atoms with Gasteiger partial charge in [-0.05, 0) is 232 Å². The molecule has 0 fully saturated rings. The first-order chi connectivity index (χ1) is 70.2. The normalized spacial score (nSPS) is 11.2. The average Bonchev–Trinajstić information content (AvgIpc) is 0.802. The van der Waals surface area contributed by atoms with E-state index in [-0.39, 0.29) is 79.8 Å². The van der Waals surface area contributed by atoms with Crippen LogP contribution in [-0.2, 0) is 56.9 Å². The van der Waals surface area contributed by atoms with E-state index in [1.807, 2.05) is 173 Å². The fraction of sp³-hybridized carbons (Fsp3) is 0.233. The summed E-state index contributed by atoms with van der Waals surface area (Å²) in [4.78, 5) is 98.6. The first kappa shape index (κ1) is 120. The van der Waals surface area contributed by atoms with E-state index in [4.69, 9.17) is 47.4 Å². The second-order valence-electron chi connectivity index (χ2n) is 38.1. The molecule has 0 aromatic heterocycles. The summed E-state index contributed by atoms with van der Waals surface area (Å²) >= 11 is 9.54. The molecule has 0 saturated carbocycles. The van der Waals surface area contributed by atoms with Gasteiger partial charge in [0.1, 0.15) is 74.4 Å². The van der Waals surface area contributed by atoms with Crippen molar-refractivity contribution >= 4 is 147 Å². The first-order valence-corrected chi connectivity index (χ1v) is 65.5. The maximum absolute atomic E-state index is 14.1. The van der Waals surface area contributed by atoms with E-state index >= 15 is 0 Å². The predicted molar refractivity (Wildman–Crippen MR) is 618 cm³/mol. The molecule has 0 atom stereocenters. The van der Waals surface area contributed by atoms with Crippen LogP contribution in [0.25, 0.3) is 0 Å². The molecule has 0 heterocycles. The Kier molecular flexibility index (Phi) is 44.0. The molecule has 14 aromatic carbocycles. The molecule has 1 N–H and O–H groups in total. The van der Waals surface area contributed by atoms with E-state index in [0.29, 0.717) is 53.5 Å². The van der Waals surface area contributed by atoms with Crippen LogP contribution in [-0.4, -0.2) is 82.4 Å². The summed E-state index contributed by atoms with van der Waals surface area (Å²) in [6.07, 6.45) is -4.98. The fourth-order valence-corrected chi connectivity index (χ4v) is 16.1. The third-order valence-corrected chi connectivity index (χ3v) is 26.1. The molecule has 780 valence electrons. The zero-order chi connectivity index (χ0) is 108. The zero-order valence-electron chi connectivity index (χ0n) is 86.4. The van der Waals surface area contributed by atoms with E-state index in [0.717, 1.165) is 77.9 Å². The number of hydrogen-bond donors (Lipinski definition) is 1. The van der Waals surface area contributed by atoms with Gasteiger partial charge in [0.25, 0.3) is 0 Å². The molecule has 0 bridgehead atoms. The van der Waals surface area contributed by atoms with Crippen LogP contribution in [0.3, 0.4) is 0 Å². The average molecular weight is 2690 g/mol. The van der Waals surface area contributed by atoms with Crippen LogP contribution in [0.1, 0.15) is 212 Å². The van der Waals surface area contributed by atoms with Crippen molar-refractivity contribution in [3.05, 3.63) is 433 Å². The number of halogens is 6. The van der Waals surface area contributed by atoms with Crippen molar-refractivity contribution in [3.8, 4) is 63.2 Å². The number of benzene rings is 14. The number of carbonyl (C=O) groups excluding carboxylic acids is 8. The van der Waals surface area contributed by atoms with Crippen molar-refractivity contribution < 1.29 is 123 Å². The molecule has 0 spiro atoms. The van der Waals surface area contributed by atoms with Crippen molar-refractivity contribution in [1.82, 2.24) is 0 Å². The van der Waals surface area contributed by atoms with Crippen molar-refractivity contribution in [2.45, 2.75) is 156 Å². The Balaban J connectivity index is 0.000000251. The van der Waals surface area contributed by atoms with Crippen molar-refractivity contribution in [2.75, 3.05) is 28.4 Å². The van der Waals surface area contributed by atoms with E-state index < -0.39 is 65.1 Å². The number of ether oxygens (including phenoxy) is 14. The Labute approximate surface area is 941 Å². The second kappa shape index (κ2) is 54.5. The number of phenolic OH excluding ortho intramolecular Hbond substituents is 1. The number of hydrogen-bond acceptors (Lipinski definition) is 23. The van der Waals surface area contributed by atoms with Crippen molar-refractivity contribution in [2.24, 2.45) is 0 Å². The van der Waals surface area contributed by atoms with Gasteiger partial charge in [-0.25, -0.2) is 38.4 Å². The van der Waals surface area contributed by atoms with E-state index in [9.17, 15) is 43.5 Å². The Morgan fingerprint density at radius 3 is 0.564 bits per heavy atom. The molecule has 29 heteroatoms. The van der Waals surface area contributed by atoms with Gasteiger partial charge in [-0.2, -0.15) is 0 Å². The van der Waals surface area contributed by atoms with Gasteiger partial charge in [-0.3, -0.25) is 0 Å². The summed E-state index contributed by atoms with van der Waals surface area (Å²) in [6.45, 7) is 35.2. The van der Waals surface area contributed by atoms with Gasteiger partial charge in [-0.15, -0.1) is 24.0 Å². The number of aryl methyl sites for hydroxylation is 3. The number of aromatic hydroxyl groups is 1. The fourth-order valence-electron chi connectivity index (χ4n) is 16.1. The second-order valence-corrected chi connectivity index (χ2v) is 54.3. The molecule has 0 aliphatic rings. The number of rotatable bonds is 26. The van der Waals surface area contributed by atoms with E-state index in [1.54, 1.807) is 127 Å². The molecule has 0 radical (unpaired) electrons. The number of phenols is 1. The van der Waals surface area contributed by atoms with Gasteiger partial charge in [0.05, 0.1) is 28.4 Å². The van der Waals surface area contributed by atoms with Gasteiger partial charge >= 0.3 is 99.4 Å². The Bertz CT molecular complexity index is 6860. The number of methoxy groups -OCH3 is 4. The maximum atomic E-state index is 14.1. The summed E-state index contributed by atoms with van der Waals surface area (Å²) in [5.74, 6) is 1.64. The van der Waals surface area contributed by atoms with Crippen LogP contribution in [0.5, 0.6) is 63.2 Å². The summed E-state index contributed by atoms with van der Waals surface area (Å²) in [7, 11) is 5.01. The third-order valence-electron chi connectivity index (χ3n) is 26.1. The van der Waals surface area contributed by atoms with E-state index in [1.165, 1.54) is 51.2 Å². The van der Waals surface area contributed by atoms with Gasteiger partial charge < -0.3 is 71.4 Å². The minimum absolute atomic E-state index is 0. The Hall–Kier alpha value is -12.2. The third kappa shape index (κ3) is 32.4. The van der Waals surface area contributed by atoms with Crippen LogP contribution in [0.2, 0.25) is 0 Å².